The fraction of sp³-hybridized carbons (Fsp3) is 0.400. The molecule has 1 atom stereocenters. The summed E-state index contributed by atoms with van der Waals surface area (Å²) < 4.78 is 4.20. The molecular weight excluding hydrogens is 382 g/mol. The summed E-state index contributed by atoms with van der Waals surface area (Å²) in [7, 11) is 4.01. The molecule has 0 spiro atoms. The van der Waals surface area contributed by atoms with E-state index in [0.717, 1.165) is 27.5 Å². The Kier molecular flexibility index (Phi) is 5.41. The largest absolute Gasteiger partial charge is 0.313 e. The van der Waals surface area contributed by atoms with E-state index < -0.39 is 0 Å². The van der Waals surface area contributed by atoms with Gasteiger partial charge in [-0.1, -0.05) is 38.8 Å². The van der Waals surface area contributed by atoms with Gasteiger partial charge in [-0.2, -0.15) is 5.10 Å². The fourth-order valence-corrected chi connectivity index (χ4v) is 3.20. The van der Waals surface area contributed by atoms with Crippen LogP contribution in [0.2, 0.25) is 0 Å². The van der Waals surface area contributed by atoms with Gasteiger partial charge in [0.15, 0.2) is 0 Å². The molecule has 1 unspecified atom stereocenters. The Morgan fingerprint density at radius 1 is 1.30 bits per heavy atom. The summed E-state index contributed by atoms with van der Waals surface area (Å²) in [5.41, 5.74) is 3.64. The molecule has 1 aromatic heterocycles. The van der Waals surface area contributed by atoms with E-state index in [-0.39, 0.29) is 6.04 Å². The molecular formula is C15H19Br2N3. The van der Waals surface area contributed by atoms with Crippen LogP contribution >= 0.6 is 31.9 Å². The number of aryl methyl sites for hydroxylation is 2. The maximum absolute atomic E-state index is 4.52. The number of benzene rings is 1. The Hall–Kier alpha value is -0.650. The van der Waals surface area contributed by atoms with E-state index in [0.29, 0.717) is 0 Å². The first-order valence-corrected chi connectivity index (χ1v) is 8.27. The van der Waals surface area contributed by atoms with Crippen molar-refractivity contribution in [3.63, 3.8) is 0 Å². The van der Waals surface area contributed by atoms with Crippen molar-refractivity contribution >= 4 is 31.9 Å². The van der Waals surface area contributed by atoms with Crippen molar-refractivity contribution in [3.05, 3.63) is 50.2 Å². The molecule has 0 amide bonds. The SMILES string of the molecule is CCc1cc(CC(NC)c2cc(Br)ccc2Br)n(C)n1. The minimum Gasteiger partial charge on any atom is -0.313 e. The van der Waals surface area contributed by atoms with E-state index in [1.54, 1.807) is 0 Å². The standard InChI is InChI=1S/C15H19Br2N3/c1-4-11-8-12(20(3)19-11)9-15(18-2)13-7-10(16)5-6-14(13)17/h5-8,15,18H,4,9H2,1-3H3. The number of hydrogen-bond donors (Lipinski definition) is 1. The van der Waals surface area contributed by atoms with Crippen LogP contribution in [0.5, 0.6) is 0 Å². The molecule has 108 valence electrons. The molecule has 5 heteroatoms. The van der Waals surface area contributed by atoms with E-state index in [1.807, 2.05) is 24.8 Å². The average molecular weight is 401 g/mol. The minimum atomic E-state index is 0.252. The summed E-state index contributed by atoms with van der Waals surface area (Å²) in [4.78, 5) is 0. The third-order valence-corrected chi connectivity index (χ3v) is 4.70. The second-order valence-electron chi connectivity index (χ2n) is 4.82. The van der Waals surface area contributed by atoms with Crippen molar-refractivity contribution in [1.29, 1.82) is 0 Å². The molecule has 2 aromatic rings. The first-order chi connectivity index (χ1) is 9.55. The highest BCUT2D eigenvalue weighted by Gasteiger charge is 2.16. The van der Waals surface area contributed by atoms with Gasteiger partial charge in [0.1, 0.15) is 0 Å². The van der Waals surface area contributed by atoms with Crippen LogP contribution in [0.15, 0.2) is 33.2 Å². The van der Waals surface area contributed by atoms with Gasteiger partial charge in [0, 0.05) is 34.1 Å². The van der Waals surface area contributed by atoms with Crippen molar-refractivity contribution in [2.45, 2.75) is 25.8 Å². The maximum atomic E-state index is 4.52. The molecule has 1 heterocycles. The number of nitrogens with one attached hydrogen (secondary N) is 1. The molecule has 0 saturated carbocycles. The number of hydrogen-bond acceptors (Lipinski definition) is 2. The van der Waals surface area contributed by atoms with Gasteiger partial charge in [-0.3, -0.25) is 4.68 Å². The smallest absolute Gasteiger partial charge is 0.0624 e. The van der Waals surface area contributed by atoms with E-state index in [2.05, 4.69) is 67.4 Å². The third-order valence-electron chi connectivity index (χ3n) is 3.48. The van der Waals surface area contributed by atoms with E-state index >= 15 is 0 Å². The monoisotopic (exact) mass is 399 g/mol. The molecule has 0 aliphatic rings. The number of likely N-dealkylation sites (N-methyl/N-ethyl adjacent to an activating group) is 1. The number of rotatable bonds is 5. The van der Waals surface area contributed by atoms with Gasteiger partial charge in [0.05, 0.1) is 5.69 Å². The Balaban J connectivity index is 2.28. The zero-order valence-electron chi connectivity index (χ0n) is 12.0. The van der Waals surface area contributed by atoms with Crippen molar-refractivity contribution in [3.8, 4) is 0 Å². The highest BCUT2D eigenvalue weighted by atomic mass is 79.9. The zero-order valence-corrected chi connectivity index (χ0v) is 15.1. The maximum Gasteiger partial charge on any atom is 0.0624 e. The molecule has 0 aliphatic heterocycles. The predicted octanol–water partition coefficient (Wildman–Crippen LogP) is 4.01. The number of halogens is 2. The van der Waals surface area contributed by atoms with Crippen molar-refractivity contribution in [2.24, 2.45) is 7.05 Å². The Morgan fingerprint density at radius 2 is 2.05 bits per heavy atom. The normalized spacial score (nSPS) is 12.7. The van der Waals surface area contributed by atoms with Crippen molar-refractivity contribution < 1.29 is 0 Å². The van der Waals surface area contributed by atoms with Gasteiger partial charge in [-0.15, -0.1) is 0 Å². The summed E-state index contributed by atoms with van der Waals surface area (Å²) in [6.45, 7) is 2.13. The van der Waals surface area contributed by atoms with Gasteiger partial charge in [0.2, 0.25) is 0 Å². The van der Waals surface area contributed by atoms with Gasteiger partial charge in [-0.25, -0.2) is 0 Å². The van der Waals surface area contributed by atoms with Crippen LogP contribution in [0, 0.1) is 0 Å². The second kappa shape index (κ2) is 6.87. The topological polar surface area (TPSA) is 29.9 Å². The van der Waals surface area contributed by atoms with Gasteiger partial charge in [0.25, 0.3) is 0 Å². The minimum absolute atomic E-state index is 0.252. The Morgan fingerprint density at radius 3 is 2.65 bits per heavy atom. The Labute approximate surface area is 137 Å². The van der Waals surface area contributed by atoms with E-state index in [9.17, 15) is 0 Å². The average Bonchev–Trinajstić information content (AvgIpc) is 2.79. The first kappa shape index (κ1) is 15.7. The van der Waals surface area contributed by atoms with Crippen LogP contribution in [-0.4, -0.2) is 16.8 Å². The lowest BCUT2D eigenvalue weighted by molar-refractivity contribution is 0.559. The summed E-state index contributed by atoms with van der Waals surface area (Å²) in [5, 5.41) is 7.92. The molecule has 0 fully saturated rings. The molecule has 0 bridgehead atoms. The predicted molar refractivity (Wildman–Crippen MR) is 89.9 cm³/mol. The molecule has 0 radical (unpaired) electrons. The number of aromatic nitrogens is 2. The zero-order chi connectivity index (χ0) is 14.7. The quantitative estimate of drug-likeness (QED) is 0.821. The van der Waals surface area contributed by atoms with Crippen LogP contribution in [0.25, 0.3) is 0 Å². The van der Waals surface area contributed by atoms with Crippen LogP contribution in [0.1, 0.15) is 29.9 Å². The van der Waals surface area contributed by atoms with Crippen molar-refractivity contribution in [1.82, 2.24) is 15.1 Å². The Bertz CT molecular complexity index is 593. The lowest BCUT2D eigenvalue weighted by atomic mass is 10.0. The third kappa shape index (κ3) is 3.51. The highest BCUT2D eigenvalue weighted by molar-refractivity contribution is 9.11. The highest BCUT2D eigenvalue weighted by Crippen LogP contribution is 2.29. The van der Waals surface area contributed by atoms with Gasteiger partial charge >= 0.3 is 0 Å². The summed E-state index contributed by atoms with van der Waals surface area (Å²) in [6.07, 6.45) is 1.88. The fourth-order valence-electron chi connectivity index (χ4n) is 2.29. The summed E-state index contributed by atoms with van der Waals surface area (Å²) >= 11 is 7.18. The molecule has 0 aliphatic carbocycles. The number of nitrogens with zero attached hydrogens (tertiary/aromatic N) is 2. The van der Waals surface area contributed by atoms with Crippen molar-refractivity contribution in [2.75, 3.05) is 7.05 Å². The second-order valence-corrected chi connectivity index (χ2v) is 6.59. The first-order valence-electron chi connectivity index (χ1n) is 6.69. The summed E-state index contributed by atoms with van der Waals surface area (Å²) in [6, 6.07) is 8.71. The molecule has 1 N–H and O–H groups in total. The van der Waals surface area contributed by atoms with E-state index in [4.69, 9.17) is 0 Å². The lowest BCUT2D eigenvalue weighted by Gasteiger charge is -2.18. The molecule has 20 heavy (non-hydrogen) atoms. The van der Waals surface area contributed by atoms with Crippen LogP contribution in [-0.2, 0) is 19.9 Å². The molecule has 0 saturated heterocycles. The van der Waals surface area contributed by atoms with Crippen LogP contribution in [0.3, 0.4) is 0 Å². The van der Waals surface area contributed by atoms with E-state index in [1.165, 1.54) is 11.3 Å². The van der Waals surface area contributed by atoms with Gasteiger partial charge in [-0.05, 0) is 43.3 Å². The van der Waals surface area contributed by atoms with Crippen LogP contribution in [0.4, 0.5) is 0 Å². The lowest BCUT2D eigenvalue weighted by Crippen LogP contribution is -2.20. The molecule has 3 nitrogen and oxygen atoms in total. The molecule has 2 rings (SSSR count). The van der Waals surface area contributed by atoms with Gasteiger partial charge < -0.3 is 5.32 Å². The summed E-state index contributed by atoms with van der Waals surface area (Å²) in [5.74, 6) is 0. The van der Waals surface area contributed by atoms with Crippen LogP contribution < -0.4 is 5.32 Å². The molecule has 1 aromatic carbocycles.